The van der Waals surface area contributed by atoms with Crippen molar-refractivity contribution in [2.24, 2.45) is 0 Å². The van der Waals surface area contributed by atoms with Gasteiger partial charge in [0.1, 0.15) is 17.4 Å². The molecule has 0 saturated carbocycles. The summed E-state index contributed by atoms with van der Waals surface area (Å²) in [6.45, 7) is 6.59. The molecule has 3 aromatic rings. The molecule has 1 unspecified atom stereocenters. The summed E-state index contributed by atoms with van der Waals surface area (Å²) in [5.41, 5.74) is 2.91. The molecule has 0 aliphatic carbocycles. The molecule has 214 valence electrons. The Kier molecular flexibility index (Phi) is 8.53. The van der Waals surface area contributed by atoms with Gasteiger partial charge in [0.2, 0.25) is 0 Å². The van der Waals surface area contributed by atoms with Gasteiger partial charge in [-0.15, -0.1) is 0 Å². The SMILES string of the molecule is Cc1ccc(NC(=O)c2ccnc(C3CNCCO3)c2)cc1NC(=O)c1cccc(N2CCN(C)CC2)c1[N+](=O)[O-]. The highest BCUT2D eigenvalue weighted by Crippen LogP contribution is 2.33. The molecule has 2 aliphatic heterocycles. The molecule has 3 N–H and O–H groups in total. The summed E-state index contributed by atoms with van der Waals surface area (Å²) in [6.07, 6.45) is 1.35. The van der Waals surface area contributed by atoms with Crippen molar-refractivity contribution in [2.45, 2.75) is 13.0 Å². The van der Waals surface area contributed by atoms with E-state index in [1.165, 1.54) is 6.07 Å². The molecule has 2 aliphatic rings. The van der Waals surface area contributed by atoms with Crippen LogP contribution in [-0.2, 0) is 4.74 Å². The summed E-state index contributed by atoms with van der Waals surface area (Å²) in [6, 6.07) is 13.3. The van der Waals surface area contributed by atoms with Crippen LogP contribution in [0, 0.1) is 17.0 Å². The number of nitrogens with zero attached hydrogens (tertiary/aromatic N) is 4. The Balaban J connectivity index is 1.33. The van der Waals surface area contributed by atoms with E-state index >= 15 is 0 Å². The van der Waals surface area contributed by atoms with Crippen molar-refractivity contribution in [3.8, 4) is 0 Å². The number of nitro groups is 1. The minimum absolute atomic E-state index is 0.0241. The average molecular weight is 560 g/mol. The lowest BCUT2D eigenvalue weighted by Crippen LogP contribution is -2.44. The monoisotopic (exact) mass is 559 g/mol. The van der Waals surface area contributed by atoms with Crippen LogP contribution in [0.5, 0.6) is 0 Å². The predicted molar refractivity (Wildman–Crippen MR) is 156 cm³/mol. The first-order valence-electron chi connectivity index (χ1n) is 13.5. The number of rotatable bonds is 7. The van der Waals surface area contributed by atoms with Crippen molar-refractivity contribution in [3.05, 3.63) is 87.2 Å². The van der Waals surface area contributed by atoms with Crippen LogP contribution in [0.4, 0.5) is 22.7 Å². The Morgan fingerprint density at radius 3 is 2.61 bits per heavy atom. The van der Waals surface area contributed by atoms with Gasteiger partial charge in [0.25, 0.3) is 11.8 Å². The van der Waals surface area contributed by atoms with E-state index in [1.54, 1.807) is 48.7 Å². The number of ether oxygens (including phenoxy) is 1. The third-order valence-corrected chi connectivity index (χ3v) is 7.33. The number of nitrogens with one attached hydrogen (secondary N) is 3. The van der Waals surface area contributed by atoms with Gasteiger partial charge in [0.05, 0.1) is 17.2 Å². The molecule has 3 heterocycles. The lowest BCUT2D eigenvalue weighted by molar-refractivity contribution is -0.384. The van der Waals surface area contributed by atoms with Crippen molar-refractivity contribution in [3.63, 3.8) is 0 Å². The molecule has 2 amide bonds. The highest BCUT2D eigenvalue weighted by atomic mass is 16.6. The van der Waals surface area contributed by atoms with E-state index in [0.717, 1.165) is 25.2 Å². The number of carbonyl (C=O) groups is 2. The number of carbonyl (C=O) groups excluding carboxylic acids is 2. The molecule has 41 heavy (non-hydrogen) atoms. The number of aromatic nitrogens is 1. The van der Waals surface area contributed by atoms with Gasteiger partial charge in [-0.25, -0.2) is 0 Å². The number of pyridine rings is 1. The highest BCUT2D eigenvalue weighted by Gasteiger charge is 2.29. The number of likely N-dealkylation sites (N-methyl/N-ethyl adjacent to an activating group) is 1. The molecule has 2 aromatic carbocycles. The molecular formula is C29H33N7O5. The highest BCUT2D eigenvalue weighted by molar-refractivity contribution is 6.09. The molecular weight excluding hydrogens is 526 g/mol. The molecule has 2 saturated heterocycles. The summed E-state index contributed by atoms with van der Waals surface area (Å²) in [5, 5.41) is 21.1. The van der Waals surface area contributed by atoms with Gasteiger partial charge in [-0.3, -0.25) is 24.7 Å². The quantitative estimate of drug-likeness (QED) is 0.294. The zero-order valence-electron chi connectivity index (χ0n) is 23.1. The first-order chi connectivity index (χ1) is 19.8. The molecule has 0 spiro atoms. The molecule has 0 bridgehead atoms. The van der Waals surface area contributed by atoms with Gasteiger partial charge in [-0.05, 0) is 55.9 Å². The molecule has 2 fully saturated rings. The maximum Gasteiger partial charge on any atom is 0.305 e. The molecule has 12 nitrogen and oxygen atoms in total. The number of hydrogen-bond acceptors (Lipinski definition) is 9. The standard InChI is InChI=1S/C29H33N7O5/c1-19-6-7-21(32-28(37)20-8-9-31-24(16-20)26-18-30-10-15-41-26)17-23(19)33-29(38)22-4-3-5-25(27(22)36(39)40)35-13-11-34(2)12-14-35/h3-9,16-17,26,30H,10-15,18H2,1-2H3,(H,32,37)(H,33,38). The largest absolute Gasteiger partial charge is 0.369 e. The van der Waals surface area contributed by atoms with Crippen molar-refractivity contribution >= 4 is 34.6 Å². The second-order valence-corrected chi connectivity index (χ2v) is 10.2. The smallest absolute Gasteiger partial charge is 0.305 e. The van der Waals surface area contributed by atoms with Crippen molar-refractivity contribution in [1.29, 1.82) is 0 Å². The third kappa shape index (κ3) is 6.51. The fourth-order valence-corrected chi connectivity index (χ4v) is 4.96. The maximum atomic E-state index is 13.4. The lowest BCUT2D eigenvalue weighted by Gasteiger charge is -2.33. The summed E-state index contributed by atoms with van der Waals surface area (Å²) < 4.78 is 5.74. The maximum absolute atomic E-state index is 13.4. The van der Waals surface area contributed by atoms with E-state index < -0.39 is 10.8 Å². The van der Waals surface area contributed by atoms with E-state index in [-0.39, 0.29) is 23.3 Å². The summed E-state index contributed by atoms with van der Waals surface area (Å²) in [5.74, 6) is -0.937. The molecule has 1 aromatic heterocycles. The van der Waals surface area contributed by atoms with Gasteiger partial charge in [0.15, 0.2) is 0 Å². The Hall–Kier alpha value is -4.39. The summed E-state index contributed by atoms with van der Waals surface area (Å²) >= 11 is 0. The van der Waals surface area contributed by atoms with Gasteiger partial charge >= 0.3 is 5.69 Å². The number of benzene rings is 2. The van der Waals surface area contributed by atoms with Crippen molar-refractivity contribution in [2.75, 3.05) is 68.5 Å². The normalized spacial score (nSPS) is 17.6. The number of piperazine rings is 1. The van der Waals surface area contributed by atoms with Gasteiger partial charge in [-0.1, -0.05) is 12.1 Å². The second kappa shape index (κ2) is 12.4. The van der Waals surface area contributed by atoms with E-state index in [0.29, 0.717) is 54.6 Å². The fraction of sp³-hybridized carbons (Fsp3) is 0.345. The van der Waals surface area contributed by atoms with Crippen LogP contribution in [0.3, 0.4) is 0 Å². The van der Waals surface area contributed by atoms with Crippen LogP contribution in [-0.4, -0.2) is 79.5 Å². The second-order valence-electron chi connectivity index (χ2n) is 10.2. The molecule has 12 heteroatoms. The van der Waals surface area contributed by atoms with E-state index in [4.69, 9.17) is 4.74 Å². The van der Waals surface area contributed by atoms with Crippen LogP contribution in [0.25, 0.3) is 0 Å². The Bertz CT molecular complexity index is 1450. The Morgan fingerprint density at radius 1 is 1.07 bits per heavy atom. The van der Waals surface area contributed by atoms with Gasteiger partial charge in [0, 0.05) is 62.4 Å². The van der Waals surface area contributed by atoms with E-state index in [9.17, 15) is 19.7 Å². The van der Waals surface area contributed by atoms with E-state index in [1.807, 2.05) is 18.9 Å². The number of anilines is 3. The van der Waals surface area contributed by atoms with E-state index in [2.05, 4.69) is 25.8 Å². The molecule has 5 rings (SSSR count). The first kappa shape index (κ1) is 28.1. The summed E-state index contributed by atoms with van der Waals surface area (Å²) in [4.78, 5) is 46.5. The minimum atomic E-state index is -0.598. The fourth-order valence-electron chi connectivity index (χ4n) is 4.96. The van der Waals surface area contributed by atoms with Crippen molar-refractivity contribution in [1.82, 2.24) is 15.2 Å². The van der Waals surface area contributed by atoms with Gasteiger partial charge < -0.3 is 30.5 Å². The zero-order valence-corrected chi connectivity index (χ0v) is 23.1. The predicted octanol–water partition coefficient (Wildman–Crippen LogP) is 3.22. The van der Waals surface area contributed by atoms with Crippen molar-refractivity contribution < 1.29 is 19.2 Å². The number of hydrogen-bond donors (Lipinski definition) is 3. The number of morpholine rings is 1. The topological polar surface area (TPSA) is 142 Å². The van der Waals surface area contributed by atoms with Crippen LogP contribution in [0.1, 0.15) is 38.1 Å². The van der Waals surface area contributed by atoms with Crippen LogP contribution in [0.15, 0.2) is 54.7 Å². The average Bonchev–Trinajstić information content (AvgIpc) is 2.99. The minimum Gasteiger partial charge on any atom is -0.369 e. The number of para-hydroxylation sites is 1. The van der Waals surface area contributed by atoms with Gasteiger partial charge in [-0.2, -0.15) is 0 Å². The lowest BCUT2D eigenvalue weighted by atomic mass is 10.1. The number of nitro benzene ring substituents is 1. The van der Waals surface area contributed by atoms with Crippen LogP contribution in [0.2, 0.25) is 0 Å². The molecule has 1 atom stereocenters. The first-order valence-corrected chi connectivity index (χ1v) is 13.5. The Morgan fingerprint density at radius 2 is 1.88 bits per heavy atom. The third-order valence-electron chi connectivity index (χ3n) is 7.33. The Labute approximate surface area is 237 Å². The number of amides is 2. The van der Waals surface area contributed by atoms with Crippen LogP contribution < -0.4 is 20.9 Å². The zero-order chi connectivity index (χ0) is 28.9. The number of aryl methyl sites for hydroxylation is 1. The molecule has 0 radical (unpaired) electrons. The summed E-state index contributed by atoms with van der Waals surface area (Å²) in [7, 11) is 2.01. The van der Waals surface area contributed by atoms with Crippen LogP contribution >= 0.6 is 0 Å².